The van der Waals surface area contributed by atoms with E-state index in [1.807, 2.05) is 36.4 Å². The smallest absolute Gasteiger partial charge is 0.323 e. The van der Waals surface area contributed by atoms with Crippen LogP contribution in [0.25, 0.3) is 0 Å². The van der Waals surface area contributed by atoms with E-state index in [9.17, 15) is 4.79 Å². The van der Waals surface area contributed by atoms with Crippen molar-refractivity contribution in [2.24, 2.45) is 0 Å². The van der Waals surface area contributed by atoms with Gasteiger partial charge in [0.1, 0.15) is 6.04 Å². The molecule has 0 fully saturated rings. The van der Waals surface area contributed by atoms with Crippen molar-refractivity contribution in [2.45, 2.75) is 18.9 Å². The van der Waals surface area contributed by atoms with Gasteiger partial charge in [0.2, 0.25) is 0 Å². The molecule has 0 aliphatic carbocycles. The van der Waals surface area contributed by atoms with E-state index in [4.69, 9.17) is 10.00 Å². The molecule has 0 aliphatic heterocycles. The predicted molar refractivity (Wildman–Crippen MR) is 64.2 cm³/mol. The van der Waals surface area contributed by atoms with Crippen molar-refractivity contribution >= 4 is 5.97 Å². The van der Waals surface area contributed by atoms with Crippen LogP contribution in [0, 0.1) is 11.3 Å². The van der Waals surface area contributed by atoms with Crippen molar-refractivity contribution < 1.29 is 9.53 Å². The second-order valence-corrected chi connectivity index (χ2v) is 3.63. The molecule has 0 spiro atoms. The number of rotatable bonds is 6. The zero-order valence-electron chi connectivity index (χ0n) is 9.85. The first-order chi connectivity index (χ1) is 8.27. The molecule has 1 unspecified atom stereocenters. The third-order valence-corrected chi connectivity index (χ3v) is 2.40. The average molecular weight is 232 g/mol. The summed E-state index contributed by atoms with van der Waals surface area (Å²) in [6.45, 7) is 0.489. The van der Waals surface area contributed by atoms with E-state index in [0.717, 1.165) is 5.56 Å². The summed E-state index contributed by atoms with van der Waals surface area (Å²) in [6.07, 6.45) is 0.946. The first-order valence-corrected chi connectivity index (χ1v) is 5.50. The monoisotopic (exact) mass is 232 g/mol. The summed E-state index contributed by atoms with van der Waals surface area (Å²) in [6, 6.07) is 11.3. The van der Waals surface area contributed by atoms with Crippen LogP contribution >= 0.6 is 0 Å². The van der Waals surface area contributed by atoms with Crippen LogP contribution in [-0.4, -0.2) is 25.7 Å². The summed E-state index contributed by atoms with van der Waals surface area (Å²) < 4.78 is 4.73. The van der Waals surface area contributed by atoms with Gasteiger partial charge >= 0.3 is 5.97 Å². The van der Waals surface area contributed by atoms with E-state index in [1.54, 1.807) is 0 Å². The van der Waals surface area contributed by atoms with Crippen LogP contribution in [0.2, 0.25) is 0 Å². The van der Waals surface area contributed by atoms with Crippen LogP contribution in [-0.2, 0) is 16.0 Å². The van der Waals surface area contributed by atoms with Crippen molar-refractivity contribution in [2.75, 3.05) is 13.7 Å². The van der Waals surface area contributed by atoms with Gasteiger partial charge in [-0.3, -0.25) is 4.79 Å². The van der Waals surface area contributed by atoms with Crippen LogP contribution in [0.1, 0.15) is 12.0 Å². The third kappa shape index (κ3) is 4.66. The van der Waals surface area contributed by atoms with Crippen molar-refractivity contribution in [3.05, 3.63) is 35.9 Å². The molecule has 0 bridgehead atoms. The molecule has 1 aromatic rings. The van der Waals surface area contributed by atoms with Crippen molar-refractivity contribution in [1.82, 2.24) is 5.32 Å². The first kappa shape index (κ1) is 13.2. The Morgan fingerprint density at radius 2 is 2.18 bits per heavy atom. The number of nitriles is 1. The number of esters is 1. The zero-order chi connectivity index (χ0) is 12.5. The Labute approximate surface area is 101 Å². The second-order valence-electron chi connectivity index (χ2n) is 3.63. The summed E-state index contributed by atoms with van der Waals surface area (Å²) in [4.78, 5) is 11.5. The number of methoxy groups -OCH3 is 1. The summed E-state index contributed by atoms with van der Waals surface area (Å²) in [5, 5.41) is 11.5. The Kier molecular flexibility index (Phi) is 5.76. The van der Waals surface area contributed by atoms with E-state index >= 15 is 0 Å². The maximum Gasteiger partial charge on any atom is 0.323 e. The molecular weight excluding hydrogens is 216 g/mol. The number of ether oxygens (including phenoxy) is 1. The van der Waals surface area contributed by atoms with Crippen LogP contribution in [0.15, 0.2) is 30.3 Å². The summed E-state index contributed by atoms with van der Waals surface area (Å²) in [5.41, 5.74) is 1.06. The molecule has 0 aliphatic rings. The van der Waals surface area contributed by atoms with Crippen LogP contribution < -0.4 is 5.32 Å². The Bertz CT molecular complexity index is 384. The minimum Gasteiger partial charge on any atom is -0.468 e. The predicted octanol–water partition coefficient (Wildman–Crippen LogP) is 1.27. The van der Waals surface area contributed by atoms with Crippen molar-refractivity contribution in [3.63, 3.8) is 0 Å². The molecule has 4 heteroatoms. The number of hydrogen-bond donors (Lipinski definition) is 1. The lowest BCUT2D eigenvalue weighted by Gasteiger charge is -2.15. The molecule has 0 saturated carbocycles. The molecule has 0 amide bonds. The quantitative estimate of drug-likeness (QED) is 0.592. The fourth-order valence-corrected chi connectivity index (χ4v) is 1.53. The van der Waals surface area contributed by atoms with Crippen LogP contribution in [0.5, 0.6) is 0 Å². The molecule has 4 nitrogen and oxygen atoms in total. The van der Waals surface area contributed by atoms with Gasteiger partial charge in [0.05, 0.1) is 13.2 Å². The van der Waals surface area contributed by atoms with Gasteiger partial charge in [0.25, 0.3) is 0 Å². The third-order valence-electron chi connectivity index (χ3n) is 2.40. The minimum absolute atomic E-state index is 0.299. The van der Waals surface area contributed by atoms with Crippen LogP contribution in [0.4, 0.5) is 0 Å². The second kappa shape index (κ2) is 7.42. The number of nitrogens with one attached hydrogen (secondary N) is 1. The normalized spacial score (nSPS) is 11.5. The number of benzene rings is 1. The summed E-state index contributed by atoms with van der Waals surface area (Å²) in [7, 11) is 1.37. The van der Waals surface area contributed by atoms with Gasteiger partial charge < -0.3 is 10.1 Å². The summed E-state index contributed by atoms with van der Waals surface area (Å²) >= 11 is 0. The highest BCUT2D eigenvalue weighted by molar-refractivity contribution is 5.76. The lowest BCUT2D eigenvalue weighted by Crippen LogP contribution is -2.39. The minimum atomic E-state index is -0.393. The first-order valence-electron chi connectivity index (χ1n) is 5.50. The zero-order valence-corrected chi connectivity index (χ0v) is 9.85. The van der Waals surface area contributed by atoms with Crippen molar-refractivity contribution in [3.8, 4) is 6.07 Å². The number of hydrogen-bond acceptors (Lipinski definition) is 4. The standard InChI is InChI=1S/C13H16N2O2/c1-17-13(16)12(15-9-5-8-14)10-11-6-3-2-4-7-11/h2-4,6-7,12,15H,5,9-10H2,1H3. The molecular formula is C13H16N2O2. The van der Waals surface area contributed by atoms with Gasteiger partial charge in [-0.25, -0.2) is 0 Å². The highest BCUT2D eigenvalue weighted by Crippen LogP contribution is 2.04. The number of nitrogens with zero attached hydrogens (tertiary/aromatic N) is 1. The maximum atomic E-state index is 11.5. The molecule has 17 heavy (non-hydrogen) atoms. The maximum absolute atomic E-state index is 11.5. The molecule has 1 N–H and O–H groups in total. The van der Waals surface area contributed by atoms with E-state index in [2.05, 4.69) is 5.32 Å². The van der Waals surface area contributed by atoms with Gasteiger partial charge in [-0.2, -0.15) is 5.26 Å². The molecule has 0 heterocycles. The highest BCUT2D eigenvalue weighted by atomic mass is 16.5. The topological polar surface area (TPSA) is 62.1 Å². The SMILES string of the molecule is COC(=O)C(Cc1ccccc1)NCCC#N. The lowest BCUT2D eigenvalue weighted by atomic mass is 10.1. The highest BCUT2D eigenvalue weighted by Gasteiger charge is 2.18. The number of carbonyl (C=O) groups excluding carboxylic acids is 1. The Balaban J connectivity index is 2.58. The molecule has 1 rings (SSSR count). The Hall–Kier alpha value is -1.86. The van der Waals surface area contributed by atoms with Crippen molar-refractivity contribution in [1.29, 1.82) is 5.26 Å². The van der Waals surface area contributed by atoms with E-state index in [0.29, 0.717) is 19.4 Å². The molecule has 1 atom stereocenters. The average Bonchev–Trinajstić information content (AvgIpc) is 2.38. The molecule has 0 saturated heterocycles. The Morgan fingerprint density at radius 3 is 2.76 bits per heavy atom. The van der Waals surface area contributed by atoms with Gasteiger partial charge in [-0.15, -0.1) is 0 Å². The van der Waals surface area contributed by atoms with E-state index < -0.39 is 6.04 Å². The fourth-order valence-electron chi connectivity index (χ4n) is 1.53. The van der Waals surface area contributed by atoms with Crippen LogP contribution in [0.3, 0.4) is 0 Å². The lowest BCUT2D eigenvalue weighted by molar-refractivity contribution is -0.143. The van der Waals surface area contributed by atoms with E-state index in [-0.39, 0.29) is 5.97 Å². The number of carbonyl (C=O) groups is 1. The Morgan fingerprint density at radius 1 is 1.47 bits per heavy atom. The van der Waals surface area contributed by atoms with Gasteiger partial charge in [0, 0.05) is 13.0 Å². The van der Waals surface area contributed by atoms with Gasteiger partial charge in [-0.05, 0) is 12.0 Å². The fraction of sp³-hybridized carbons (Fsp3) is 0.385. The van der Waals surface area contributed by atoms with Gasteiger partial charge in [0.15, 0.2) is 0 Å². The van der Waals surface area contributed by atoms with E-state index in [1.165, 1.54) is 7.11 Å². The largest absolute Gasteiger partial charge is 0.468 e. The molecule has 90 valence electrons. The molecule has 0 aromatic heterocycles. The summed E-state index contributed by atoms with van der Waals surface area (Å²) in [5.74, 6) is -0.299. The molecule has 1 aromatic carbocycles. The molecule has 0 radical (unpaired) electrons. The van der Waals surface area contributed by atoms with Gasteiger partial charge in [-0.1, -0.05) is 30.3 Å².